The fourth-order valence-corrected chi connectivity index (χ4v) is 2.42. The molecule has 1 aliphatic heterocycles. The van der Waals surface area contributed by atoms with Crippen LogP contribution in [0.3, 0.4) is 0 Å². The SMILES string of the molecule is Cc1nccnc1C(C)NC(C)C1CCCO1. The van der Waals surface area contributed by atoms with Gasteiger partial charge in [0, 0.05) is 31.1 Å². The van der Waals surface area contributed by atoms with Gasteiger partial charge in [0.1, 0.15) is 0 Å². The molecule has 0 spiro atoms. The van der Waals surface area contributed by atoms with Gasteiger partial charge < -0.3 is 10.1 Å². The van der Waals surface area contributed by atoms with E-state index in [0.717, 1.165) is 24.4 Å². The summed E-state index contributed by atoms with van der Waals surface area (Å²) in [7, 11) is 0. The second-order valence-electron chi connectivity index (χ2n) is 4.76. The first kappa shape index (κ1) is 12.5. The first-order chi connectivity index (χ1) is 8.18. The number of rotatable bonds is 4. The fraction of sp³-hybridized carbons (Fsp3) is 0.692. The minimum absolute atomic E-state index is 0.211. The molecule has 17 heavy (non-hydrogen) atoms. The van der Waals surface area contributed by atoms with Crippen molar-refractivity contribution in [3.8, 4) is 0 Å². The Hall–Kier alpha value is -1.00. The van der Waals surface area contributed by atoms with Gasteiger partial charge in [-0.15, -0.1) is 0 Å². The number of nitrogens with zero attached hydrogens (tertiary/aromatic N) is 2. The van der Waals surface area contributed by atoms with Crippen molar-refractivity contribution in [1.82, 2.24) is 15.3 Å². The first-order valence-electron chi connectivity index (χ1n) is 6.33. The van der Waals surface area contributed by atoms with Crippen LogP contribution in [-0.4, -0.2) is 28.7 Å². The zero-order valence-electron chi connectivity index (χ0n) is 10.8. The first-order valence-corrected chi connectivity index (χ1v) is 6.33. The van der Waals surface area contributed by atoms with E-state index in [0.29, 0.717) is 12.1 Å². The number of hydrogen-bond acceptors (Lipinski definition) is 4. The van der Waals surface area contributed by atoms with Crippen LogP contribution in [0.25, 0.3) is 0 Å². The Labute approximate surface area is 103 Å². The summed E-state index contributed by atoms with van der Waals surface area (Å²) in [4.78, 5) is 8.66. The van der Waals surface area contributed by atoms with E-state index in [2.05, 4.69) is 29.1 Å². The zero-order chi connectivity index (χ0) is 12.3. The number of nitrogens with one attached hydrogen (secondary N) is 1. The normalized spacial score (nSPS) is 23.6. The molecule has 0 bridgehead atoms. The van der Waals surface area contributed by atoms with Gasteiger partial charge in [0.05, 0.1) is 17.5 Å². The Morgan fingerprint density at radius 1 is 1.35 bits per heavy atom. The summed E-state index contributed by atoms with van der Waals surface area (Å²) in [5, 5.41) is 3.55. The van der Waals surface area contributed by atoms with Crippen molar-refractivity contribution < 1.29 is 4.74 Å². The summed E-state index contributed by atoms with van der Waals surface area (Å²) < 4.78 is 5.68. The molecule has 0 radical (unpaired) electrons. The summed E-state index contributed by atoms with van der Waals surface area (Å²) in [5.41, 5.74) is 2.02. The van der Waals surface area contributed by atoms with Crippen LogP contribution in [0.5, 0.6) is 0 Å². The lowest BCUT2D eigenvalue weighted by molar-refractivity contribution is 0.0802. The van der Waals surface area contributed by atoms with Crippen LogP contribution in [0.2, 0.25) is 0 Å². The van der Waals surface area contributed by atoms with Crippen molar-refractivity contribution in [3.05, 3.63) is 23.8 Å². The van der Waals surface area contributed by atoms with Crippen molar-refractivity contribution in [2.45, 2.75) is 51.8 Å². The van der Waals surface area contributed by atoms with Crippen molar-refractivity contribution >= 4 is 0 Å². The Balaban J connectivity index is 1.96. The monoisotopic (exact) mass is 235 g/mol. The fourth-order valence-electron chi connectivity index (χ4n) is 2.42. The van der Waals surface area contributed by atoms with Gasteiger partial charge in [0.25, 0.3) is 0 Å². The highest BCUT2D eigenvalue weighted by Crippen LogP contribution is 2.19. The van der Waals surface area contributed by atoms with Gasteiger partial charge in [-0.1, -0.05) is 0 Å². The minimum atomic E-state index is 0.211. The van der Waals surface area contributed by atoms with E-state index in [1.54, 1.807) is 12.4 Å². The molecule has 0 amide bonds. The summed E-state index contributed by atoms with van der Waals surface area (Å²) >= 11 is 0. The molecule has 2 heterocycles. The Bertz CT molecular complexity index is 363. The summed E-state index contributed by atoms with van der Waals surface area (Å²) in [6, 6.07) is 0.566. The molecule has 3 atom stereocenters. The molecule has 4 heteroatoms. The molecule has 1 N–H and O–H groups in total. The standard InChI is InChI=1S/C13H21N3O/c1-9(12-5-4-8-17-12)16-11(3)13-10(2)14-6-7-15-13/h6-7,9,11-12,16H,4-5,8H2,1-3H3. The third kappa shape index (κ3) is 3.01. The van der Waals surface area contributed by atoms with Gasteiger partial charge in [-0.3, -0.25) is 9.97 Å². The van der Waals surface area contributed by atoms with Gasteiger partial charge in [0.15, 0.2) is 0 Å². The van der Waals surface area contributed by atoms with Crippen LogP contribution in [0, 0.1) is 6.92 Å². The highest BCUT2D eigenvalue weighted by Gasteiger charge is 2.24. The summed E-state index contributed by atoms with van der Waals surface area (Å²) in [5.74, 6) is 0. The van der Waals surface area contributed by atoms with E-state index >= 15 is 0 Å². The Morgan fingerprint density at radius 3 is 2.76 bits per heavy atom. The number of hydrogen-bond donors (Lipinski definition) is 1. The largest absolute Gasteiger partial charge is 0.377 e. The van der Waals surface area contributed by atoms with Crippen molar-refractivity contribution in [2.24, 2.45) is 0 Å². The molecule has 1 aromatic rings. The molecule has 3 unspecified atom stereocenters. The molecule has 0 aromatic carbocycles. The molecule has 94 valence electrons. The quantitative estimate of drug-likeness (QED) is 0.867. The molecule has 1 saturated heterocycles. The summed E-state index contributed by atoms with van der Waals surface area (Å²) in [6.45, 7) is 7.20. The third-order valence-electron chi connectivity index (χ3n) is 3.36. The average molecular weight is 235 g/mol. The second kappa shape index (κ2) is 5.56. The molecular weight excluding hydrogens is 214 g/mol. The lowest BCUT2D eigenvalue weighted by Gasteiger charge is -2.24. The highest BCUT2D eigenvalue weighted by atomic mass is 16.5. The van der Waals surface area contributed by atoms with Crippen molar-refractivity contribution in [1.29, 1.82) is 0 Å². The smallest absolute Gasteiger partial charge is 0.0782 e. The van der Waals surface area contributed by atoms with Crippen LogP contribution < -0.4 is 5.32 Å². The third-order valence-corrected chi connectivity index (χ3v) is 3.36. The summed E-state index contributed by atoms with van der Waals surface area (Å²) in [6.07, 6.45) is 6.15. The van der Waals surface area contributed by atoms with Crippen molar-refractivity contribution in [2.75, 3.05) is 6.61 Å². The predicted octanol–water partition coefficient (Wildman–Crippen LogP) is 2.00. The van der Waals surface area contributed by atoms with Crippen LogP contribution in [-0.2, 0) is 4.74 Å². The topological polar surface area (TPSA) is 47.0 Å². The zero-order valence-corrected chi connectivity index (χ0v) is 10.8. The van der Waals surface area contributed by atoms with E-state index in [-0.39, 0.29) is 6.04 Å². The van der Waals surface area contributed by atoms with E-state index < -0.39 is 0 Å². The minimum Gasteiger partial charge on any atom is -0.377 e. The van der Waals surface area contributed by atoms with Gasteiger partial charge in [-0.05, 0) is 33.6 Å². The molecule has 4 nitrogen and oxygen atoms in total. The molecule has 1 fully saturated rings. The Kier molecular flexibility index (Phi) is 4.07. The molecule has 2 rings (SSSR count). The number of aromatic nitrogens is 2. The van der Waals surface area contributed by atoms with Crippen LogP contribution in [0.4, 0.5) is 0 Å². The van der Waals surface area contributed by atoms with Gasteiger partial charge in [-0.2, -0.15) is 0 Å². The van der Waals surface area contributed by atoms with E-state index in [4.69, 9.17) is 4.74 Å². The molecule has 1 aromatic heterocycles. The van der Waals surface area contributed by atoms with Crippen LogP contribution in [0.15, 0.2) is 12.4 Å². The van der Waals surface area contributed by atoms with Gasteiger partial charge in [0.2, 0.25) is 0 Å². The number of ether oxygens (including phenoxy) is 1. The maximum absolute atomic E-state index is 5.68. The van der Waals surface area contributed by atoms with Gasteiger partial charge in [-0.25, -0.2) is 0 Å². The van der Waals surface area contributed by atoms with Crippen molar-refractivity contribution in [3.63, 3.8) is 0 Å². The molecular formula is C13H21N3O. The van der Waals surface area contributed by atoms with Crippen LogP contribution in [0.1, 0.15) is 44.1 Å². The van der Waals surface area contributed by atoms with Gasteiger partial charge >= 0.3 is 0 Å². The lowest BCUT2D eigenvalue weighted by Crippen LogP contribution is -2.38. The number of aryl methyl sites for hydroxylation is 1. The van der Waals surface area contributed by atoms with E-state index in [1.165, 1.54) is 6.42 Å². The average Bonchev–Trinajstić information content (AvgIpc) is 2.82. The van der Waals surface area contributed by atoms with Crippen LogP contribution >= 0.6 is 0 Å². The highest BCUT2D eigenvalue weighted by molar-refractivity contribution is 5.12. The Morgan fingerprint density at radius 2 is 2.12 bits per heavy atom. The van der Waals surface area contributed by atoms with E-state index in [9.17, 15) is 0 Å². The maximum atomic E-state index is 5.68. The molecule has 0 saturated carbocycles. The molecule has 1 aliphatic rings. The molecule has 0 aliphatic carbocycles. The maximum Gasteiger partial charge on any atom is 0.0782 e. The second-order valence-corrected chi connectivity index (χ2v) is 4.76. The van der Waals surface area contributed by atoms with E-state index in [1.807, 2.05) is 6.92 Å². The lowest BCUT2D eigenvalue weighted by atomic mass is 10.1. The predicted molar refractivity (Wildman–Crippen MR) is 66.8 cm³/mol.